The number of Topliss-reactive ketones (excluding diaryl/α,β-unsaturated/α-hetero) is 1. The Bertz CT molecular complexity index is 871. The molecule has 0 spiro atoms. The van der Waals surface area contributed by atoms with Gasteiger partial charge in [-0.05, 0) is 43.0 Å². The van der Waals surface area contributed by atoms with E-state index in [4.69, 9.17) is 4.74 Å². The minimum absolute atomic E-state index is 0.107. The number of benzene rings is 2. The summed E-state index contributed by atoms with van der Waals surface area (Å²) in [6, 6.07) is 13.3. The fourth-order valence-electron chi connectivity index (χ4n) is 2.46. The summed E-state index contributed by atoms with van der Waals surface area (Å²) in [5.41, 5.74) is 2.21. The zero-order valence-electron chi connectivity index (χ0n) is 15.0. The smallest absolute Gasteiger partial charge is 0.445 e. The third-order valence-corrected chi connectivity index (χ3v) is 4.19. The van der Waals surface area contributed by atoms with E-state index >= 15 is 0 Å². The minimum Gasteiger partial charge on any atom is -0.445 e. The summed E-state index contributed by atoms with van der Waals surface area (Å²) in [4.78, 5) is 23.9. The molecular weight excluding hydrogens is 369 g/mol. The fraction of sp³-hybridized carbons (Fsp3) is 0.263. The Hall–Kier alpha value is -2.92. The zero-order chi connectivity index (χ0) is 19.8. The van der Waals surface area contributed by atoms with E-state index in [1.807, 2.05) is 30.3 Å². The van der Waals surface area contributed by atoms with Gasteiger partial charge >= 0.3 is 14.0 Å². The maximum absolute atomic E-state index is 12.0. The van der Waals surface area contributed by atoms with Crippen LogP contribution in [-0.4, -0.2) is 17.9 Å². The SMILES string of the molecule is CC(=O)[C@H](Cc1ccc(OP(=O)=O)c(C)c1)NC(=O)OCc1ccccc1. The molecule has 0 saturated heterocycles. The summed E-state index contributed by atoms with van der Waals surface area (Å²) < 4.78 is 31.2. The van der Waals surface area contributed by atoms with Crippen molar-refractivity contribution in [2.75, 3.05) is 0 Å². The molecular formula is C19H20NO6P. The summed E-state index contributed by atoms with van der Waals surface area (Å²) in [5, 5.41) is 2.56. The van der Waals surface area contributed by atoms with Crippen LogP contribution in [0.15, 0.2) is 48.5 Å². The summed E-state index contributed by atoms with van der Waals surface area (Å²) in [6.45, 7) is 3.19. The lowest BCUT2D eigenvalue weighted by atomic mass is 10.0. The van der Waals surface area contributed by atoms with Crippen LogP contribution in [0.4, 0.5) is 4.79 Å². The Morgan fingerprint density at radius 1 is 1.07 bits per heavy atom. The average molecular weight is 389 g/mol. The maximum Gasteiger partial charge on any atom is 0.529 e. The molecule has 1 atom stereocenters. The van der Waals surface area contributed by atoms with Gasteiger partial charge in [-0.15, -0.1) is 0 Å². The van der Waals surface area contributed by atoms with Crippen LogP contribution in [0.3, 0.4) is 0 Å². The van der Waals surface area contributed by atoms with Crippen molar-refractivity contribution >= 4 is 19.8 Å². The number of hydrogen-bond donors (Lipinski definition) is 1. The minimum atomic E-state index is -2.99. The van der Waals surface area contributed by atoms with Crippen LogP contribution in [0.2, 0.25) is 0 Å². The van der Waals surface area contributed by atoms with Gasteiger partial charge in [0.05, 0.1) is 6.04 Å². The van der Waals surface area contributed by atoms with Gasteiger partial charge in [0, 0.05) is 0 Å². The normalized spacial score (nSPS) is 11.3. The predicted molar refractivity (Wildman–Crippen MR) is 98.0 cm³/mol. The second-order valence-corrected chi connectivity index (χ2v) is 6.62. The topological polar surface area (TPSA) is 98.8 Å². The van der Waals surface area contributed by atoms with Crippen LogP contribution in [0.5, 0.6) is 5.75 Å². The molecule has 2 aromatic rings. The van der Waals surface area contributed by atoms with Crippen molar-refractivity contribution in [3.8, 4) is 5.75 Å². The third kappa shape index (κ3) is 6.72. The van der Waals surface area contributed by atoms with Crippen molar-refractivity contribution in [1.82, 2.24) is 5.32 Å². The molecule has 0 bridgehead atoms. The van der Waals surface area contributed by atoms with E-state index in [-0.39, 0.29) is 24.6 Å². The van der Waals surface area contributed by atoms with E-state index in [0.717, 1.165) is 11.1 Å². The summed E-state index contributed by atoms with van der Waals surface area (Å²) >= 11 is 0. The molecule has 0 aliphatic carbocycles. The van der Waals surface area contributed by atoms with Gasteiger partial charge in [-0.1, -0.05) is 42.5 Å². The van der Waals surface area contributed by atoms with Gasteiger partial charge in [-0.25, -0.2) is 4.79 Å². The Morgan fingerprint density at radius 3 is 2.37 bits per heavy atom. The Kier molecular flexibility index (Phi) is 7.32. The Morgan fingerprint density at radius 2 is 1.78 bits per heavy atom. The number of amides is 1. The molecule has 0 fully saturated rings. The van der Waals surface area contributed by atoms with Gasteiger partial charge in [0.2, 0.25) is 0 Å². The molecule has 8 heteroatoms. The molecule has 0 aliphatic heterocycles. The van der Waals surface area contributed by atoms with Crippen molar-refractivity contribution in [2.45, 2.75) is 32.9 Å². The Labute approximate surface area is 157 Å². The molecule has 7 nitrogen and oxygen atoms in total. The van der Waals surface area contributed by atoms with E-state index in [9.17, 15) is 18.7 Å². The molecule has 142 valence electrons. The molecule has 0 heterocycles. The monoisotopic (exact) mass is 389 g/mol. The molecule has 1 amide bonds. The van der Waals surface area contributed by atoms with Crippen LogP contribution in [0, 0.1) is 6.92 Å². The maximum atomic E-state index is 12.0. The van der Waals surface area contributed by atoms with Crippen LogP contribution in [-0.2, 0) is 31.7 Å². The van der Waals surface area contributed by atoms with E-state index in [0.29, 0.717) is 5.56 Å². The second kappa shape index (κ2) is 9.69. The first-order valence-electron chi connectivity index (χ1n) is 8.24. The molecule has 0 saturated carbocycles. The van der Waals surface area contributed by atoms with Crippen LogP contribution < -0.4 is 9.84 Å². The van der Waals surface area contributed by atoms with Gasteiger partial charge in [0.15, 0.2) is 5.78 Å². The zero-order valence-corrected chi connectivity index (χ0v) is 15.9. The number of nitrogens with one attached hydrogen (secondary N) is 1. The quantitative estimate of drug-likeness (QED) is 0.688. The van der Waals surface area contributed by atoms with Gasteiger partial charge in [-0.2, -0.15) is 9.13 Å². The largest absolute Gasteiger partial charge is 0.529 e. The molecule has 0 unspecified atom stereocenters. The number of ether oxygens (including phenoxy) is 1. The Balaban J connectivity index is 1.97. The van der Waals surface area contributed by atoms with Gasteiger partial charge < -0.3 is 14.6 Å². The first-order valence-corrected chi connectivity index (χ1v) is 9.34. The first kappa shape index (κ1) is 20.4. The number of carbonyl (C=O) groups excluding carboxylic acids is 2. The number of aryl methyl sites for hydroxylation is 1. The van der Waals surface area contributed by atoms with E-state index in [1.165, 1.54) is 13.0 Å². The van der Waals surface area contributed by atoms with Crippen molar-refractivity contribution in [1.29, 1.82) is 0 Å². The lowest BCUT2D eigenvalue weighted by Gasteiger charge is -2.16. The fourth-order valence-corrected chi connectivity index (χ4v) is 2.83. The highest BCUT2D eigenvalue weighted by Gasteiger charge is 2.19. The number of carbonyl (C=O) groups is 2. The summed E-state index contributed by atoms with van der Waals surface area (Å²) in [7, 11) is -2.99. The number of hydrogen-bond acceptors (Lipinski definition) is 6. The van der Waals surface area contributed by atoms with Crippen molar-refractivity contribution in [3.05, 3.63) is 65.2 Å². The number of alkyl carbamates (subject to hydrolysis) is 1. The number of ketones is 1. The lowest BCUT2D eigenvalue weighted by molar-refractivity contribution is -0.118. The highest BCUT2D eigenvalue weighted by atomic mass is 31.1. The standard InChI is InChI=1S/C19H20NO6P/c1-13-10-16(8-9-18(13)26-27(23)24)11-17(14(2)21)20-19(22)25-12-15-6-4-3-5-7-15/h3-10,17H,11-12H2,1-2H3,(H,20,22)/t17-/m0/s1. The molecule has 2 rings (SSSR count). The van der Waals surface area contributed by atoms with E-state index in [1.54, 1.807) is 19.1 Å². The molecule has 2 aromatic carbocycles. The highest BCUT2D eigenvalue weighted by molar-refractivity contribution is 7.25. The molecule has 0 radical (unpaired) electrons. The van der Waals surface area contributed by atoms with E-state index in [2.05, 4.69) is 9.84 Å². The van der Waals surface area contributed by atoms with E-state index < -0.39 is 20.0 Å². The molecule has 1 N–H and O–H groups in total. The number of rotatable bonds is 8. The van der Waals surface area contributed by atoms with Crippen LogP contribution in [0.1, 0.15) is 23.6 Å². The second-order valence-electron chi connectivity index (χ2n) is 5.99. The summed E-state index contributed by atoms with van der Waals surface area (Å²) in [6.07, 6.45) is -0.431. The van der Waals surface area contributed by atoms with Crippen LogP contribution in [0.25, 0.3) is 0 Å². The average Bonchev–Trinajstić information content (AvgIpc) is 2.62. The van der Waals surface area contributed by atoms with Crippen molar-refractivity contribution in [2.24, 2.45) is 0 Å². The first-order chi connectivity index (χ1) is 12.8. The highest BCUT2D eigenvalue weighted by Crippen LogP contribution is 2.24. The lowest BCUT2D eigenvalue weighted by Crippen LogP contribution is -2.41. The van der Waals surface area contributed by atoms with Crippen molar-refractivity contribution in [3.63, 3.8) is 0 Å². The summed E-state index contributed by atoms with van der Waals surface area (Å²) in [5.74, 6) is 0.0109. The van der Waals surface area contributed by atoms with Gasteiger partial charge in [-0.3, -0.25) is 4.79 Å². The van der Waals surface area contributed by atoms with Gasteiger partial charge in [0.25, 0.3) is 0 Å². The molecule has 0 aromatic heterocycles. The van der Waals surface area contributed by atoms with Crippen LogP contribution >= 0.6 is 7.91 Å². The van der Waals surface area contributed by atoms with Crippen molar-refractivity contribution < 1.29 is 28.0 Å². The predicted octanol–water partition coefficient (Wildman–Crippen LogP) is 3.89. The molecule has 27 heavy (non-hydrogen) atoms. The third-order valence-electron chi connectivity index (χ3n) is 3.85. The molecule has 0 aliphatic rings. The van der Waals surface area contributed by atoms with Gasteiger partial charge in [0.1, 0.15) is 12.4 Å².